The van der Waals surface area contributed by atoms with Crippen molar-refractivity contribution in [3.8, 4) is 78.6 Å². The zero-order chi connectivity index (χ0) is 57.8. The SMILES string of the molecule is [2H]c1nc(-c2[c-]c(-c3cccc4c3nc(-c3cc(C(C)(C)C)cc(C(C)(C)C)c3O)n4-c3cc(-c4ccccc4)c(C(C)(C)C)cc3-c3ccccc3)cc(C(C)(C)C)c2)c([2H])c(-c2c([2H])c([2H])c(C([2H])([2H])[2H])c([2H])c2[2H])c1[2H].[Pt]. The standard InChI is InChI=1S/C65H66N3O.Pt/c1-41-27-29-42(30-28-41)45-31-32-66-56(36-45)47-33-46(34-48(35-47)62(2,3)4)50-25-20-26-57-59(50)67-61(53-37-49(63(5,6)7)38-55(60(53)69)65(11,12)13)68(57)58-40-51(43-21-16-14-17-22-43)54(64(8,9)10)39-52(58)44-23-18-15-19-24-44;/h14-32,34-40,69H,1-13H3;/q-1;/i1D3,27D,28D,29D,30D,31D,32D,36D;. The molecule has 0 amide bonds. The Balaban J connectivity index is 0.00000841. The van der Waals surface area contributed by atoms with Gasteiger partial charge in [0.1, 0.15) is 11.6 Å². The molecule has 0 aliphatic carbocycles. The first-order valence-corrected chi connectivity index (χ1v) is 23.6. The Kier molecular flexibility index (Phi) is 10.3. The molecule has 358 valence electrons. The van der Waals surface area contributed by atoms with Gasteiger partial charge in [-0.2, -0.15) is 0 Å². The number of hydrogen-bond donors (Lipinski definition) is 1. The zero-order valence-corrected chi connectivity index (χ0v) is 44.3. The van der Waals surface area contributed by atoms with Crippen LogP contribution in [0.1, 0.15) is 125 Å². The summed E-state index contributed by atoms with van der Waals surface area (Å²) in [6, 6.07) is 38.4. The van der Waals surface area contributed by atoms with E-state index in [4.69, 9.17) is 17.3 Å². The van der Waals surface area contributed by atoms with Crippen LogP contribution in [0, 0.1) is 12.9 Å². The number of aromatic hydroxyl groups is 1. The number of phenolic OH excluding ortho intramolecular Hbond substituents is 1. The van der Waals surface area contributed by atoms with Gasteiger partial charge in [0.05, 0.1) is 31.9 Å². The molecule has 9 aromatic rings. The predicted molar refractivity (Wildman–Crippen MR) is 292 cm³/mol. The average molecular weight is 1110 g/mol. The van der Waals surface area contributed by atoms with E-state index in [1.54, 1.807) is 0 Å². The molecule has 0 bridgehead atoms. The van der Waals surface area contributed by atoms with Gasteiger partial charge >= 0.3 is 0 Å². The van der Waals surface area contributed by atoms with Crippen molar-refractivity contribution in [1.82, 2.24) is 14.5 Å². The number of rotatable bonds is 7. The van der Waals surface area contributed by atoms with Crippen molar-refractivity contribution >= 4 is 11.0 Å². The Hall–Kier alpha value is -6.35. The maximum absolute atomic E-state index is 12.8. The minimum atomic E-state index is -2.98. The maximum Gasteiger partial charge on any atom is 0.148 e. The third-order valence-electron chi connectivity index (χ3n) is 12.8. The minimum Gasteiger partial charge on any atom is -0.507 e. The topological polar surface area (TPSA) is 50.9 Å². The van der Waals surface area contributed by atoms with Gasteiger partial charge in [0.2, 0.25) is 0 Å². The van der Waals surface area contributed by atoms with Crippen molar-refractivity contribution in [3.63, 3.8) is 0 Å². The summed E-state index contributed by atoms with van der Waals surface area (Å²) in [4.78, 5) is 10.1. The molecule has 4 nitrogen and oxygen atoms in total. The van der Waals surface area contributed by atoms with E-state index in [0.717, 1.165) is 55.7 Å². The monoisotopic (exact) mass is 1110 g/mol. The van der Waals surface area contributed by atoms with E-state index in [-0.39, 0.29) is 54.5 Å². The van der Waals surface area contributed by atoms with Gasteiger partial charge in [-0.3, -0.25) is 9.55 Å². The molecule has 0 aliphatic rings. The molecular weight excluding hydrogens is 1030 g/mol. The number of aromatic nitrogens is 3. The van der Waals surface area contributed by atoms with Gasteiger partial charge < -0.3 is 5.11 Å². The van der Waals surface area contributed by atoms with Crippen LogP contribution in [0.2, 0.25) is 0 Å². The summed E-state index contributed by atoms with van der Waals surface area (Å²) in [7, 11) is 0. The summed E-state index contributed by atoms with van der Waals surface area (Å²) >= 11 is 0. The summed E-state index contributed by atoms with van der Waals surface area (Å²) in [6.45, 7) is 22.6. The van der Waals surface area contributed by atoms with Crippen molar-refractivity contribution in [3.05, 3.63) is 192 Å². The van der Waals surface area contributed by atoms with E-state index in [9.17, 15) is 6.48 Å². The van der Waals surface area contributed by atoms with Crippen LogP contribution >= 0.6 is 0 Å². The molecule has 0 unspecified atom stereocenters. The molecule has 1 N–H and O–H groups in total. The Bertz CT molecular complexity index is 3870. The molecule has 5 heteroatoms. The molecule has 70 heavy (non-hydrogen) atoms. The minimum absolute atomic E-state index is 0. The average Bonchev–Trinajstić information content (AvgIpc) is 3.76. The van der Waals surface area contributed by atoms with Gasteiger partial charge in [-0.05, 0) is 97.8 Å². The summed E-state index contributed by atoms with van der Waals surface area (Å²) in [6.07, 6.45) is -0.590. The normalized spacial score (nSPS) is 14.5. The van der Waals surface area contributed by atoms with Crippen LogP contribution in [-0.2, 0) is 42.7 Å². The van der Waals surface area contributed by atoms with Crippen LogP contribution in [-0.4, -0.2) is 19.6 Å². The van der Waals surface area contributed by atoms with Crippen LogP contribution in [0.5, 0.6) is 5.75 Å². The summed E-state index contributed by atoms with van der Waals surface area (Å²) < 4.78 is 88.9. The smallest absolute Gasteiger partial charge is 0.148 e. The summed E-state index contributed by atoms with van der Waals surface area (Å²) in [5.41, 5.74) is 8.54. The Morgan fingerprint density at radius 3 is 1.74 bits per heavy atom. The molecule has 0 aliphatic heterocycles. The number of fused-ring (bicyclic) bond motifs is 1. The van der Waals surface area contributed by atoms with Gasteiger partial charge in [0, 0.05) is 48.2 Å². The Morgan fingerprint density at radius 2 is 1.14 bits per heavy atom. The molecule has 0 spiro atoms. The number of hydrogen-bond acceptors (Lipinski definition) is 3. The van der Waals surface area contributed by atoms with Crippen LogP contribution in [0.25, 0.3) is 83.9 Å². The molecular formula is C65H66N3OPt-. The van der Waals surface area contributed by atoms with Gasteiger partial charge in [-0.1, -0.05) is 209 Å². The maximum atomic E-state index is 12.8. The number of pyridine rings is 1. The molecule has 7 aromatic carbocycles. The first kappa shape index (κ1) is 38.4. The fourth-order valence-electron chi connectivity index (χ4n) is 8.93. The molecule has 0 radical (unpaired) electrons. The van der Waals surface area contributed by atoms with Gasteiger partial charge in [0.25, 0.3) is 0 Å². The second-order valence-electron chi connectivity index (χ2n) is 22.2. The number of imidazole rings is 1. The number of phenols is 1. The van der Waals surface area contributed by atoms with E-state index in [0.29, 0.717) is 28.0 Å². The fourth-order valence-corrected chi connectivity index (χ4v) is 8.93. The largest absolute Gasteiger partial charge is 0.507 e. The van der Waals surface area contributed by atoms with Crippen molar-refractivity contribution in [2.75, 3.05) is 0 Å². The number of para-hydroxylation sites is 1. The Labute approximate surface area is 445 Å². The predicted octanol–water partition coefficient (Wildman–Crippen LogP) is 17.4. The zero-order valence-electron chi connectivity index (χ0n) is 52.1. The van der Waals surface area contributed by atoms with Crippen molar-refractivity contribution in [2.24, 2.45) is 0 Å². The van der Waals surface area contributed by atoms with Crippen LogP contribution in [0.15, 0.2) is 158 Å². The first-order chi connectivity index (χ1) is 36.7. The van der Waals surface area contributed by atoms with Gasteiger partial charge in [0.15, 0.2) is 0 Å². The summed E-state index contributed by atoms with van der Waals surface area (Å²) in [5, 5.41) is 12.8. The Morgan fingerprint density at radius 1 is 0.543 bits per heavy atom. The number of benzene rings is 7. The number of nitrogens with zero attached hydrogens (tertiary/aromatic N) is 3. The molecule has 0 fully saturated rings. The van der Waals surface area contributed by atoms with E-state index >= 15 is 0 Å². The molecule has 9 rings (SSSR count). The van der Waals surface area contributed by atoms with Crippen molar-refractivity contribution in [1.29, 1.82) is 0 Å². The van der Waals surface area contributed by atoms with E-state index in [1.807, 2.05) is 87.5 Å². The van der Waals surface area contributed by atoms with E-state index in [2.05, 4.69) is 126 Å². The second-order valence-corrected chi connectivity index (χ2v) is 22.2. The molecule has 2 heterocycles. The third-order valence-corrected chi connectivity index (χ3v) is 12.8. The van der Waals surface area contributed by atoms with Gasteiger partial charge in [-0.25, -0.2) is 4.98 Å². The molecule has 0 saturated carbocycles. The first-order valence-electron chi connectivity index (χ1n) is 28.6. The van der Waals surface area contributed by atoms with Crippen LogP contribution < -0.4 is 0 Å². The van der Waals surface area contributed by atoms with Crippen LogP contribution in [0.4, 0.5) is 0 Å². The third kappa shape index (κ3) is 9.86. The van der Waals surface area contributed by atoms with Crippen molar-refractivity contribution in [2.45, 2.75) is 112 Å². The van der Waals surface area contributed by atoms with E-state index in [1.165, 1.54) is 0 Å². The van der Waals surface area contributed by atoms with Gasteiger partial charge in [-0.15, -0.1) is 29.3 Å². The second kappa shape index (κ2) is 18.8. The summed E-state index contributed by atoms with van der Waals surface area (Å²) in [5.74, 6) is 0.610. The van der Waals surface area contributed by atoms with Crippen LogP contribution in [0.3, 0.4) is 0 Å². The quantitative estimate of drug-likeness (QED) is 0.162. The molecule has 0 atom stereocenters. The molecule has 2 aromatic heterocycles. The van der Waals surface area contributed by atoms with Crippen molar-refractivity contribution < 1.29 is 39.9 Å². The molecule has 0 saturated heterocycles. The van der Waals surface area contributed by atoms with E-state index < -0.39 is 71.2 Å². The fraction of sp³-hybridized carbons (Fsp3) is 0.262.